The fourth-order valence-corrected chi connectivity index (χ4v) is 2.36. The number of hydrogen-bond acceptors (Lipinski definition) is 4. The molecule has 5 nitrogen and oxygen atoms in total. The second-order valence-electron chi connectivity index (χ2n) is 4.83. The van der Waals surface area contributed by atoms with Crippen LogP contribution in [-0.2, 0) is 4.74 Å². The van der Waals surface area contributed by atoms with E-state index < -0.39 is 0 Å². The van der Waals surface area contributed by atoms with Crippen LogP contribution in [0.4, 0.5) is 5.82 Å². The van der Waals surface area contributed by atoms with Crippen molar-refractivity contribution in [2.24, 2.45) is 5.92 Å². The number of amides is 1. The molecule has 0 aliphatic carbocycles. The van der Waals surface area contributed by atoms with Gasteiger partial charge in [0.1, 0.15) is 11.5 Å². The largest absolute Gasteiger partial charge is 0.381 e. The van der Waals surface area contributed by atoms with Gasteiger partial charge < -0.3 is 15.4 Å². The number of ether oxygens (including phenoxy) is 1. The highest BCUT2D eigenvalue weighted by atomic mass is 35.5. The molecule has 2 heterocycles. The summed E-state index contributed by atoms with van der Waals surface area (Å²) in [7, 11) is 0. The highest BCUT2D eigenvalue weighted by Gasteiger charge is 2.17. The van der Waals surface area contributed by atoms with Crippen molar-refractivity contribution in [3.63, 3.8) is 0 Å². The lowest BCUT2D eigenvalue weighted by atomic mass is 10.1. The first kappa shape index (κ1) is 15.1. The number of halogens is 1. The van der Waals surface area contributed by atoms with E-state index in [1.165, 1.54) is 0 Å². The summed E-state index contributed by atoms with van der Waals surface area (Å²) in [5.41, 5.74) is 0.271. The van der Waals surface area contributed by atoms with Crippen molar-refractivity contribution in [2.75, 3.05) is 31.6 Å². The molecule has 0 bridgehead atoms. The molecular formula is C14H20ClN3O2. The first-order valence-corrected chi connectivity index (χ1v) is 7.35. The molecule has 0 aromatic carbocycles. The van der Waals surface area contributed by atoms with Crippen LogP contribution in [0.1, 0.15) is 30.3 Å². The van der Waals surface area contributed by atoms with Crippen LogP contribution in [0.25, 0.3) is 0 Å². The van der Waals surface area contributed by atoms with Gasteiger partial charge in [-0.3, -0.25) is 4.79 Å². The Hall–Kier alpha value is -1.33. The number of anilines is 1. The highest BCUT2D eigenvalue weighted by molar-refractivity contribution is 6.33. The molecule has 1 atom stereocenters. The molecule has 0 radical (unpaired) electrons. The minimum absolute atomic E-state index is 0.228. The number of nitrogens with zero attached hydrogens (tertiary/aromatic N) is 1. The lowest BCUT2D eigenvalue weighted by molar-refractivity contribution is 0.0945. The summed E-state index contributed by atoms with van der Waals surface area (Å²) >= 11 is 6.03. The fraction of sp³-hybridized carbons (Fsp3) is 0.571. The van der Waals surface area contributed by atoms with E-state index in [2.05, 4.69) is 15.6 Å². The third-order valence-corrected chi connectivity index (χ3v) is 3.59. The van der Waals surface area contributed by atoms with E-state index in [1.807, 2.05) is 6.92 Å². The Morgan fingerprint density at radius 3 is 3.10 bits per heavy atom. The Morgan fingerprint density at radius 1 is 1.55 bits per heavy atom. The molecular weight excluding hydrogens is 278 g/mol. The summed E-state index contributed by atoms with van der Waals surface area (Å²) in [4.78, 5) is 16.3. The van der Waals surface area contributed by atoms with Crippen molar-refractivity contribution in [3.05, 3.63) is 22.8 Å². The Bertz CT molecular complexity index is 462. The molecule has 2 rings (SSSR count). The Morgan fingerprint density at radius 2 is 2.40 bits per heavy atom. The molecule has 110 valence electrons. The van der Waals surface area contributed by atoms with Crippen LogP contribution < -0.4 is 10.6 Å². The SMILES string of the molecule is CCNc1ccc(Cl)c(C(=O)NCCC2CCOC2)n1. The van der Waals surface area contributed by atoms with Crippen LogP contribution >= 0.6 is 11.6 Å². The van der Waals surface area contributed by atoms with Gasteiger partial charge in [-0.1, -0.05) is 11.6 Å². The molecule has 6 heteroatoms. The van der Waals surface area contributed by atoms with Gasteiger partial charge in [0.15, 0.2) is 0 Å². The number of nitrogens with one attached hydrogen (secondary N) is 2. The minimum atomic E-state index is -0.228. The molecule has 1 aliphatic rings. The van der Waals surface area contributed by atoms with Gasteiger partial charge in [0.05, 0.1) is 5.02 Å². The molecule has 1 aromatic heterocycles. The fourth-order valence-electron chi connectivity index (χ4n) is 2.17. The van der Waals surface area contributed by atoms with E-state index in [0.717, 1.165) is 32.6 Å². The maximum atomic E-state index is 12.1. The number of rotatable bonds is 6. The molecule has 1 saturated heterocycles. The van der Waals surface area contributed by atoms with Gasteiger partial charge in [-0.15, -0.1) is 0 Å². The predicted molar refractivity (Wildman–Crippen MR) is 79.3 cm³/mol. The Balaban J connectivity index is 1.88. The lowest BCUT2D eigenvalue weighted by Crippen LogP contribution is -2.27. The maximum absolute atomic E-state index is 12.1. The summed E-state index contributed by atoms with van der Waals surface area (Å²) in [5.74, 6) is 0.978. The van der Waals surface area contributed by atoms with Gasteiger partial charge in [-0.05, 0) is 37.8 Å². The summed E-state index contributed by atoms with van der Waals surface area (Å²) in [6.45, 7) is 4.97. The summed E-state index contributed by atoms with van der Waals surface area (Å²) < 4.78 is 5.31. The van der Waals surface area contributed by atoms with Gasteiger partial charge in [-0.25, -0.2) is 4.98 Å². The number of pyridine rings is 1. The average Bonchev–Trinajstić information content (AvgIpc) is 2.94. The maximum Gasteiger partial charge on any atom is 0.271 e. The first-order valence-electron chi connectivity index (χ1n) is 6.97. The summed E-state index contributed by atoms with van der Waals surface area (Å²) in [6, 6.07) is 3.45. The highest BCUT2D eigenvalue weighted by Crippen LogP contribution is 2.17. The number of carbonyl (C=O) groups excluding carboxylic acids is 1. The summed E-state index contributed by atoms with van der Waals surface area (Å²) in [5, 5.41) is 6.30. The molecule has 20 heavy (non-hydrogen) atoms. The summed E-state index contributed by atoms with van der Waals surface area (Å²) in [6.07, 6.45) is 2.00. The van der Waals surface area contributed by atoms with Crippen molar-refractivity contribution >= 4 is 23.3 Å². The minimum Gasteiger partial charge on any atom is -0.381 e. The van der Waals surface area contributed by atoms with E-state index in [-0.39, 0.29) is 11.6 Å². The van der Waals surface area contributed by atoms with Gasteiger partial charge in [-0.2, -0.15) is 0 Å². The van der Waals surface area contributed by atoms with Crippen molar-refractivity contribution in [1.29, 1.82) is 0 Å². The van der Waals surface area contributed by atoms with Crippen molar-refractivity contribution in [3.8, 4) is 0 Å². The zero-order valence-corrected chi connectivity index (χ0v) is 12.4. The van der Waals surface area contributed by atoms with E-state index in [4.69, 9.17) is 16.3 Å². The molecule has 2 N–H and O–H groups in total. The first-order chi connectivity index (χ1) is 9.70. The molecule has 1 aliphatic heterocycles. The van der Waals surface area contributed by atoms with Gasteiger partial charge >= 0.3 is 0 Å². The quantitative estimate of drug-likeness (QED) is 0.846. The monoisotopic (exact) mass is 297 g/mol. The van der Waals surface area contributed by atoms with Crippen LogP contribution in [0.2, 0.25) is 5.02 Å². The lowest BCUT2D eigenvalue weighted by Gasteiger charge is -2.10. The van der Waals surface area contributed by atoms with Crippen molar-refractivity contribution < 1.29 is 9.53 Å². The van der Waals surface area contributed by atoms with Gasteiger partial charge in [0, 0.05) is 26.3 Å². The standard InChI is InChI=1S/C14H20ClN3O2/c1-2-16-12-4-3-11(15)13(18-12)14(19)17-7-5-10-6-8-20-9-10/h3-4,10H,2,5-9H2,1H3,(H,16,18)(H,17,19). The van der Waals surface area contributed by atoms with Gasteiger partial charge in [0.2, 0.25) is 0 Å². The van der Waals surface area contributed by atoms with Crippen LogP contribution in [0.5, 0.6) is 0 Å². The number of carbonyl (C=O) groups is 1. The topological polar surface area (TPSA) is 63.2 Å². The van der Waals surface area contributed by atoms with Crippen LogP contribution in [0, 0.1) is 5.92 Å². The van der Waals surface area contributed by atoms with Gasteiger partial charge in [0.25, 0.3) is 5.91 Å². The molecule has 0 spiro atoms. The van der Waals surface area contributed by atoms with E-state index in [0.29, 0.717) is 23.3 Å². The molecule has 1 amide bonds. The molecule has 1 fully saturated rings. The smallest absolute Gasteiger partial charge is 0.271 e. The molecule has 1 aromatic rings. The van der Waals surface area contributed by atoms with Crippen LogP contribution in [0.3, 0.4) is 0 Å². The van der Waals surface area contributed by atoms with Crippen LogP contribution in [-0.4, -0.2) is 37.2 Å². The van der Waals surface area contributed by atoms with Crippen LogP contribution in [0.15, 0.2) is 12.1 Å². The molecule has 0 saturated carbocycles. The zero-order valence-electron chi connectivity index (χ0n) is 11.6. The average molecular weight is 298 g/mol. The number of hydrogen-bond donors (Lipinski definition) is 2. The van der Waals surface area contributed by atoms with E-state index in [9.17, 15) is 4.79 Å². The Kier molecular flexibility index (Phi) is 5.61. The van der Waals surface area contributed by atoms with Crippen molar-refractivity contribution in [2.45, 2.75) is 19.8 Å². The normalized spacial score (nSPS) is 18.0. The second-order valence-corrected chi connectivity index (χ2v) is 5.24. The van der Waals surface area contributed by atoms with E-state index in [1.54, 1.807) is 12.1 Å². The third kappa shape index (κ3) is 4.08. The Labute approximate surface area is 124 Å². The molecule has 1 unspecified atom stereocenters. The number of aromatic nitrogens is 1. The zero-order chi connectivity index (χ0) is 14.4. The predicted octanol–water partition coefficient (Wildman–Crippen LogP) is 2.32. The second kappa shape index (κ2) is 7.45. The third-order valence-electron chi connectivity index (χ3n) is 3.28. The van der Waals surface area contributed by atoms with E-state index >= 15 is 0 Å². The van der Waals surface area contributed by atoms with Crippen molar-refractivity contribution in [1.82, 2.24) is 10.3 Å².